The van der Waals surface area contributed by atoms with Crippen molar-refractivity contribution < 1.29 is 13.5 Å². The zero-order chi connectivity index (χ0) is 23.0. The Morgan fingerprint density at radius 3 is 2.48 bits per heavy atom. The second kappa shape index (κ2) is 8.68. The second-order valence-corrected chi connectivity index (χ2v) is 10.5. The van der Waals surface area contributed by atoms with Crippen molar-refractivity contribution in [3.8, 4) is 11.8 Å². The molecule has 2 heterocycles. The predicted octanol–water partition coefficient (Wildman–Crippen LogP) is 3.93. The van der Waals surface area contributed by atoms with E-state index in [-0.39, 0.29) is 24.6 Å². The van der Waals surface area contributed by atoms with Crippen LogP contribution < -0.4 is 5.32 Å². The number of rotatable bonds is 3. The summed E-state index contributed by atoms with van der Waals surface area (Å²) in [5, 5.41) is 13.4. The van der Waals surface area contributed by atoms with Crippen molar-refractivity contribution in [1.82, 2.24) is 4.31 Å². The Labute approximate surface area is 195 Å². The van der Waals surface area contributed by atoms with E-state index < -0.39 is 10.0 Å². The molecule has 2 aliphatic rings. The average molecular weight is 459 g/mol. The highest BCUT2D eigenvalue weighted by Crippen LogP contribution is 2.48. The van der Waals surface area contributed by atoms with Gasteiger partial charge in [0.05, 0.1) is 23.6 Å². The Kier molecular flexibility index (Phi) is 5.71. The fraction of sp³-hybridized carbons (Fsp3) is 0.259. The molecular weight excluding hydrogens is 432 g/mol. The van der Waals surface area contributed by atoms with Crippen molar-refractivity contribution in [2.24, 2.45) is 5.92 Å². The highest BCUT2D eigenvalue weighted by molar-refractivity contribution is 7.89. The number of aryl methyl sites for hydroxylation is 1. The molecule has 0 radical (unpaired) electrons. The van der Waals surface area contributed by atoms with E-state index in [9.17, 15) is 13.5 Å². The lowest BCUT2D eigenvalue weighted by molar-refractivity contribution is 0.210. The van der Waals surface area contributed by atoms with E-state index in [0.29, 0.717) is 17.9 Å². The summed E-state index contributed by atoms with van der Waals surface area (Å²) < 4.78 is 29.1. The zero-order valence-corrected chi connectivity index (χ0v) is 19.2. The standard InChI is InChI=1S/C27H26N2O3S/c1-19-7-5-6-10-26(19)33(31,32)29-16-15-22-25(18-30)28-24-14-13-21(17-23(24)27(22)29)12-11-20-8-3-2-4-9-20/h2-10,13-14,17,22,25,27-28,30H,15-16,18H2,1H3/t22-,25-,27-/m1/s1. The summed E-state index contributed by atoms with van der Waals surface area (Å²) in [5.41, 5.74) is 4.26. The minimum atomic E-state index is -3.69. The number of sulfonamides is 1. The molecule has 2 aliphatic heterocycles. The SMILES string of the molecule is Cc1ccccc1S(=O)(=O)N1CC[C@@H]2[C@@H](CO)Nc3ccc(C#Cc4ccccc4)cc3[C@@H]21. The first-order chi connectivity index (χ1) is 16.0. The number of anilines is 1. The minimum absolute atomic E-state index is 0.0152. The van der Waals surface area contributed by atoms with Crippen LogP contribution in [0, 0.1) is 24.7 Å². The van der Waals surface area contributed by atoms with Crippen LogP contribution in [0.15, 0.2) is 77.7 Å². The van der Waals surface area contributed by atoms with Gasteiger partial charge in [0, 0.05) is 29.3 Å². The second-order valence-electron chi connectivity index (χ2n) is 8.63. The molecule has 0 aliphatic carbocycles. The van der Waals surface area contributed by atoms with Crippen molar-refractivity contribution in [1.29, 1.82) is 0 Å². The van der Waals surface area contributed by atoms with E-state index >= 15 is 0 Å². The van der Waals surface area contributed by atoms with Crippen LogP contribution in [0.4, 0.5) is 5.69 Å². The monoisotopic (exact) mass is 458 g/mol. The molecular formula is C27H26N2O3S. The van der Waals surface area contributed by atoms with Gasteiger partial charge >= 0.3 is 0 Å². The lowest BCUT2D eigenvalue weighted by Crippen LogP contribution is -2.43. The number of hydrogen-bond donors (Lipinski definition) is 2. The van der Waals surface area contributed by atoms with Gasteiger partial charge in [0.2, 0.25) is 10.0 Å². The van der Waals surface area contributed by atoms with E-state index in [1.165, 1.54) is 0 Å². The topological polar surface area (TPSA) is 69.6 Å². The Hall–Kier alpha value is -3.11. The average Bonchev–Trinajstić information content (AvgIpc) is 3.30. The summed E-state index contributed by atoms with van der Waals surface area (Å²) in [7, 11) is -3.69. The fourth-order valence-corrected chi connectivity index (χ4v) is 6.90. The van der Waals surface area contributed by atoms with Gasteiger partial charge in [-0.05, 0) is 60.9 Å². The number of fused-ring (bicyclic) bond motifs is 3. The molecule has 0 bridgehead atoms. The first-order valence-corrected chi connectivity index (χ1v) is 12.6. The molecule has 1 saturated heterocycles. The van der Waals surface area contributed by atoms with Gasteiger partial charge in [-0.2, -0.15) is 4.31 Å². The fourth-order valence-electron chi connectivity index (χ4n) is 5.01. The molecule has 3 aromatic carbocycles. The van der Waals surface area contributed by atoms with Gasteiger partial charge in [0.15, 0.2) is 0 Å². The van der Waals surface area contributed by atoms with Gasteiger partial charge in [-0.1, -0.05) is 48.2 Å². The summed E-state index contributed by atoms with van der Waals surface area (Å²) in [4.78, 5) is 0.339. The third kappa shape index (κ3) is 3.93. The molecule has 3 aromatic rings. The molecule has 2 N–H and O–H groups in total. The van der Waals surface area contributed by atoms with Crippen LogP contribution in [0.2, 0.25) is 0 Å². The van der Waals surface area contributed by atoms with Crippen molar-refractivity contribution in [2.75, 3.05) is 18.5 Å². The van der Waals surface area contributed by atoms with E-state index in [4.69, 9.17) is 0 Å². The lowest BCUT2D eigenvalue weighted by Gasteiger charge is -2.39. The van der Waals surface area contributed by atoms with Crippen molar-refractivity contribution in [3.63, 3.8) is 0 Å². The summed E-state index contributed by atoms with van der Waals surface area (Å²) in [5.74, 6) is 6.38. The summed E-state index contributed by atoms with van der Waals surface area (Å²) in [6.45, 7) is 2.20. The zero-order valence-electron chi connectivity index (χ0n) is 18.4. The number of hydrogen-bond acceptors (Lipinski definition) is 4. The highest BCUT2D eigenvalue weighted by Gasteiger charge is 2.48. The maximum absolute atomic E-state index is 13.7. The molecule has 3 atom stereocenters. The van der Waals surface area contributed by atoms with Crippen LogP contribution in [0.25, 0.3) is 0 Å². The van der Waals surface area contributed by atoms with Crippen LogP contribution >= 0.6 is 0 Å². The maximum atomic E-state index is 13.7. The number of nitrogens with one attached hydrogen (secondary N) is 1. The number of nitrogens with zero attached hydrogens (tertiary/aromatic N) is 1. The summed E-state index contributed by atoms with van der Waals surface area (Å²) >= 11 is 0. The third-order valence-electron chi connectivity index (χ3n) is 6.63. The smallest absolute Gasteiger partial charge is 0.243 e. The Balaban J connectivity index is 1.58. The highest BCUT2D eigenvalue weighted by atomic mass is 32.2. The van der Waals surface area contributed by atoms with Crippen LogP contribution in [-0.2, 0) is 10.0 Å². The van der Waals surface area contributed by atoms with Crippen molar-refractivity contribution in [2.45, 2.75) is 30.3 Å². The van der Waals surface area contributed by atoms with E-state index in [1.54, 1.807) is 16.4 Å². The van der Waals surface area contributed by atoms with Crippen molar-refractivity contribution in [3.05, 3.63) is 95.1 Å². The maximum Gasteiger partial charge on any atom is 0.243 e. The summed E-state index contributed by atoms with van der Waals surface area (Å²) in [6, 6.07) is 22.2. The van der Waals surface area contributed by atoms with Crippen LogP contribution in [-0.4, -0.2) is 37.0 Å². The molecule has 0 saturated carbocycles. The third-order valence-corrected chi connectivity index (χ3v) is 8.67. The lowest BCUT2D eigenvalue weighted by atomic mass is 9.83. The minimum Gasteiger partial charge on any atom is -0.394 e. The first kappa shape index (κ1) is 21.7. The van der Waals surface area contributed by atoms with Gasteiger partial charge < -0.3 is 10.4 Å². The quantitative estimate of drug-likeness (QED) is 0.584. The van der Waals surface area contributed by atoms with Gasteiger partial charge in [-0.3, -0.25) is 0 Å². The van der Waals surface area contributed by atoms with Crippen LogP contribution in [0.5, 0.6) is 0 Å². The Morgan fingerprint density at radius 2 is 1.73 bits per heavy atom. The van der Waals surface area contributed by atoms with Gasteiger partial charge in [-0.25, -0.2) is 8.42 Å². The Morgan fingerprint density at radius 1 is 1.00 bits per heavy atom. The first-order valence-electron chi connectivity index (χ1n) is 11.1. The van der Waals surface area contributed by atoms with Gasteiger partial charge in [-0.15, -0.1) is 0 Å². The molecule has 0 unspecified atom stereocenters. The van der Waals surface area contributed by atoms with Gasteiger partial charge in [0.1, 0.15) is 0 Å². The molecule has 1 fully saturated rings. The molecule has 168 valence electrons. The van der Waals surface area contributed by atoms with E-state index in [1.807, 2.05) is 67.6 Å². The number of aliphatic hydroxyl groups is 1. The number of benzene rings is 3. The van der Waals surface area contributed by atoms with Crippen molar-refractivity contribution >= 4 is 15.7 Å². The molecule has 0 amide bonds. The molecule has 5 rings (SSSR count). The molecule has 6 heteroatoms. The van der Waals surface area contributed by atoms with E-state index in [0.717, 1.165) is 27.9 Å². The summed E-state index contributed by atoms with van der Waals surface area (Å²) in [6.07, 6.45) is 0.688. The number of aliphatic hydroxyl groups excluding tert-OH is 1. The molecule has 0 spiro atoms. The molecule has 0 aromatic heterocycles. The van der Waals surface area contributed by atoms with E-state index in [2.05, 4.69) is 17.2 Å². The Bertz CT molecular complexity index is 1340. The normalized spacial score (nSPS) is 21.9. The van der Waals surface area contributed by atoms with Crippen LogP contribution in [0.3, 0.4) is 0 Å². The predicted molar refractivity (Wildman–Crippen MR) is 129 cm³/mol. The largest absolute Gasteiger partial charge is 0.394 e. The molecule has 5 nitrogen and oxygen atoms in total. The molecule has 33 heavy (non-hydrogen) atoms. The van der Waals surface area contributed by atoms with Crippen LogP contribution in [0.1, 0.15) is 34.7 Å². The van der Waals surface area contributed by atoms with Gasteiger partial charge in [0.25, 0.3) is 0 Å².